The third-order valence-electron chi connectivity index (χ3n) is 6.97. The number of halogens is 2. The predicted molar refractivity (Wildman–Crippen MR) is 111 cm³/mol. The molecule has 4 heterocycles. The Morgan fingerprint density at radius 1 is 1.22 bits per heavy atom. The molecule has 8 nitrogen and oxygen atoms in total. The van der Waals surface area contributed by atoms with Crippen LogP contribution in [0.3, 0.4) is 0 Å². The second-order valence-corrected chi connectivity index (χ2v) is 9.00. The van der Waals surface area contributed by atoms with Crippen LogP contribution in [0, 0.1) is 11.8 Å². The molecular weight excluding hydrogens is 416 g/mol. The number of carbonyl (C=O) groups is 1. The molecule has 166 valence electrons. The van der Waals surface area contributed by atoms with Gasteiger partial charge in [-0.25, -0.2) is 18.7 Å². The first-order chi connectivity index (χ1) is 15.4. The summed E-state index contributed by atoms with van der Waals surface area (Å²) in [4.78, 5) is 23.5. The SMILES string of the molecule is Cn1cnc2c1CC[C@H]2NC(=O)c1cnn(Cc2ccc(N3CC4C(C3)C4(F)F)nc2)c1. The molecular formula is C22H23F2N7O. The van der Waals surface area contributed by atoms with E-state index in [1.165, 1.54) is 5.69 Å². The molecule has 0 spiro atoms. The van der Waals surface area contributed by atoms with Gasteiger partial charge in [-0.05, 0) is 24.5 Å². The van der Waals surface area contributed by atoms with Gasteiger partial charge in [0.2, 0.25) is 0 Å². The van der Waals surface area contributed by atoms with Crippen LogP contribution in [0.4, 0.5) is 14.6 Å². The summed E-state index contributed by atoms with van der Waals surface area (Å²) in [6.07, 6.45) is 8.54. The van der Waals surface area contributed by atoms with Gasteiger partial charge in [0.05, 0.1) is 48.2 Å². The van der Waals surface area contributed by atoms with Gasteiger partial charge in [-0.3, -0.25) is 9.48 Å². The maximum atomic E-state index is 13.4. The molecule has 3 aromatic heterocycles. The lowest BCUT2D eigenvalue weighted by molar-refractivity contribution is 0.0796. The Balaban J connectivity index is 1.07. The first kappa shape index (κ1) is 19.4. The Morgan fingerprint density at radius 3 is 2.78 bits per heavy atom. The highest BCUT2D eigenvalue weighted by Gasteiger charge is 2.71. The minimum absolute atomic E-state index is 0.0737. The van der Waals surface area contributed by atoms with Crippen LogP contribution in [0.1, 0.15) is 39.8 Å². The van der Waals surface area contributed by atoms with E-state index in [9.17, 15) is 13.6 Å². The monoisotopic (exact) mass is 439 g/mol. The van der Waals surface area contributed by atoms with Crippen LogP contribution in [-0.2, 0) is 20.0 Å². The van der Waals surface area contributed by atoms with E-state index in [1.807, 2.05) is 28.6 Å². The first-order valence-corrected chi connectivity index (χ1v) is 10.8. The zero-order valence-electron chi connectivity index (χ0n) is 17.6. The van der Waals surface area contributed by atoms with Crippen LogP contribution in [0.15, 0.2) is 37.1 Å². The minimum Gasteiger partial charge on any atom is -0.356 e. The highest BCUT2D eigenvalue weighted by atomic mass is 19.3. The molecule has 3 aliphatic rings. The van der Waals surface area contributed by atoms with E-state index < -0.39 is 17.8 Å². The van der Waals surface area contributed by atoms with Gasteiger partial charge in [0.25, 0.3) is 11.8 Å². The van der Waals surface area contributed by atoms with Crippen LogP contribution in [0.25, 0.3) is 0 Å². The molecule has 1 saturated heterocycles. The van der Waals surface area contributed by atoms with E-state index in [-0.39, 0.29) is 11.9 Å². The fourth-order valence-electron chi connectivity index (χ4n) is 5.02. The standard InChI is InChI=1S/C22H23F2N7O/c1-29-12-26-20-17(3-4-18(20)29)28-21(32)14-7-27-31(9-14)8-13-2-5-19(25-6-13)30-10-15-16(11-30)22(15,23)24/h2,5-7,9,12,15-17H,3-4,8,10-11H2,1H3,(H,28,32)/t15?,16?,17-/m1/s1. The summed E-state index contributed by atoms with van der Waals surface area (Å²) in [5.74, 6) is -2.98. The summed E-state index contributed by atoms with van der Waals surface area (Å²) in [5.41, 5.74) is 3.53. The molecule has 1 aliphatic heterocycles. The van der Waals surface area contributed by atoms with Crippen molar-refractivity contribution in [3.8, 4) is 0 Å². The maximum Gasteiger partial charge on any atom is 0.258 e. The number of nitrogens with one attached hydrogen (secondary N) is 1. The number of amides is 1. The third-order valence-corrected chi connectivity index (χ3v) is 6.97. The van der Waals surface area contributed by atoms with Crippen LogP contribution in [0.5, 0.6) is 0 Å². The fraction of sp³-hybridized carbons (Fsp3) is 0.455. The molecule has 0 aromatic carbocycles. The van der Waals surface area contributed by atoms with Gasteiger partial charge in [-0.1, -0.05) is 6.07 Å². The average Bonchev–Trinajstić information content (AvgIpc) is 3.41. The normalized spacial score (nSPS) is 25.0. The molecule has 10 heteroatoms. The molecule has 2 fully saturated rings. The molecule has 1 N–H and O–H groups in total. The van der Waals surface area contributed by atoms with Gasteiger partial charge in [0.1, 0.15) is 5.82 Å². The Hall–Kier alpha value is -3.30. The number of aromatic nitrogens is 5. The Labute approximate surface area is 183 Å². The van der Waals surface area contributed by atoms with Crippen molar-refractivity contribution in [1.29, 1.82) is 0 Å². The molecule has 3 atom stereocenters. The van der Waals surface area contributed by atoms with Gasteiger partial charge in [0.15, 0.2) is 0 Å². The summed E-state index contributed by atoms with van der Waals surface area (Å²) in [5, 5.41) is 7.36. The first-order valence-electron chi connectivity index (χ1n) is 10.8. The average molecular weight is 439 g/mol. The molecule has 2 unspecified atom stereocenters. The molecule has 1 amide bonds. The van der Waals surface area contributed by atoms with Crippen molar-refractivity contribution in [3.05, 3.63) is 59.6 Å². The van der Waals surface area contributed by atoms with Crippen molar-refractivity contribution >= 4 is 11.7 Å². The van der Waals surface area contributed by atoms with Crippen molar-refractivity contribution in [2.24, 2.45) is 18.9 Å². The van der Waals surface area contributed by atoms with E-state index in [0.29, 0.717) is 25.2 Å². The van der Waals surface area contributed by atoms with Crippen molar-refractivity contribution in [2.45, 2.75) is 31.4 Å². The zero-order valence-corrected chi connectivity index (χ0v) is 17.6. The zero-order chi connectivity index (χ0) is 22.0. The summed E-state index contributed by atoms with van der Waals surface area (Å²) < 4.78 is 30.5. The van der Waals surface area contributed by atoms with Gasteiger partial charge in [-0.15, -0.1) is 0 Å². The quantitative estimate of drug-likeness (QED) is 0.659. The number of nitrogens with zero attached hydrogens (tertiary/aromatic N) is 6. The lowest BCUT2D eigenvalue weighted by Gasteiger charge is -2.20. The molecule has 0 bridgehead atoms. The van der Waals surface area contributed by atoms with Crippen molar-refractivity contribution in [2.75, 3.05) is 18.0 Å². The van der Waals surface area contributed by atoms with Gasteiger partial charge < -0.3 is 14.8 Å². The van der Waals surface area contributed by atoms with E-state index in [1.54, 1.807) is 29.6 Å². The van der Waals surface area contributed by atoms with E-state index in [2.05, 4.69) is 20.4 Å². The minimum atomic E-state index is -2.49. The summed E-state index contributed by atoms with van der Waals surface area (Å²) in [7, 11) is 1.97. The number of rotatable bonds is 5. The number of pyridine rings is 1. The van der Waals surface area contributed by atoms with E-state index in [4.69, 9.17) is 0 Å². The highest BCUT2D eigenvalue weighted by molar-refractivity contribution is 5.94. The Bertz CT molecular complexity index is 1170. The fourth-order valence-corrected chi connectivity index (χ4v) is 5.02. The Kier molecular flexibility index (Phi) is 4.15. The predicted octanol–water partition coefficient (Wildman–Crippen LogP) is 2.18. The van der Waals surface area contributed by atoms with Crippen LogP contribution in [0.2, 0.25) is 0 Å². The lowest BCUT2D eigenvalue weighted by atomic mass is 10.2. The van der Waals surface area contributed by atoms with Crippen molar-refractivity contribution in [3.63, 3.8) is 0 Å². The highest BCUT2D eigenvalue weighted by Crippen LogP contribution is 2.59. The maximum absolute atomic E-state index is 13.4. The van der Waals surface area contributed by atoms with Crippen LogP contribution >= 0.6 is 0 Å². The second kappa shape index (κ2) is 6.85. The number of alkyl halides is 2. The Morgan fingerprint density at radius 2 is 2.03 bits per heavy atom. The summed E-state index contributed by atoms with van der Waals surface area (Å²) in [6, 6.07) is 3.71. The number of carbonyl (C=O) groups excluding carboxylic acids is 1. The molecule has 3 aromatic rings. The van der Waals surface area contributed by atoms with E-state index >= 15 is 0 Å². The molecule has 2 aliphatic carbocycles. The largest absolute Gasteiger partial charge is 0.356 e. The molecule has 1 saturated carbocycles. The molecule has 0 radical (unpaired) electrons. The number of hydrogen-bond donors (Lipinski definition) is 1. The van der Waals surface area contributed by atoms with Gasteiger partial charge in [0, 0.05) is 38.2 Å². The number of fused-ring (bicyclic) bond motifs is 2. The van der Waals surface area contributed by atoms with Gasteiger partial charge in [-0.2, -0.15) is 5.10 Å². The van der Waals surface area contributed by atoms with Crippen molar-refractivity contribution < 1.29 is 13.6 Å². The number of imidazole rings is 1. The molecule has 6 rings (SSSR count). The van der Waals surface area contributed by atoms with E-state index in [0.717, 1.165) is 29.9 Å². The third kappa shape index (κ3) is 3.08. The molecule has 32 heavy (non-hydrogen) atoms. The summed E-state index contributed by atoms with van der Waals surface area (Å²) >= 11 is 0. The number of hydrogen-bond acceptors (Lipinski definition) is 5. The summed E-state index contributed by atoms with van der Waals surface area (Å²) in [6.45, 7) is 1.20. The number of piperidine rings is 1. The number of anilines is 1. The van der Waals surface area contributed by atoms with Crippen molar-refractivity contribution in [1.82, 2.24) is 29.6 Å². The van der Waals surface area contributed by atoms with Gasteiger partial charge >= 0.3 is 0 Å². The second-order valence-electron chi connectivity index (χ2n) is 9.00. The lowest BCUT2D eigenvalue weighted by Crippen LogP contribution is -2.28. The number of aryl methyl sites for hydroxylation is 1. The van der Waals surface area contributed by atoms with Crippen LogP contribution < -0.4 is 10.2 Å². The smallest absolute Gasteiger partial charge is 0.258 e. The topological polar surface area (TPSA) is 80.9 Å². The van der Waals surface area contributed by atoms with Crippen LogP contribution in [-0.4, -0.2) is 49.2 Å².